The number of nitrogens with one attached hydrogen (secondary N) is 2. The maximum Gasteiger partial charge on any atom is 0.253 e. The number of nitrogens with zero attached hydrogens (tertiary/aromatic N) is 4. The normalized spacial score (nSPS) is 13.9. The number of morpholine rings is 1. The van der Waals surface area contributed by atoms with E-state index in [0.717, 1.165) is 28.0 Å². The highest BCUT2D eigenvalue weighted by Gasteiger charge is 2.19. The third-order valence-electron chi connectivity index (χ3n) is 4.94. The van der Waals surface area contributed by atoms with E-state index in [1.165, 1.54) is 0 Å². The number of amides is 1. The molecule has 0 bridgehead atoms. The molecule has 154 valence electrons. The maximum absolute atomic E-state index is 12.0. The van der Waals surface area contributed by atoms with Crippen LogP contribution in [0.2, 0.25) is 0 Å². The largest absolute Gasteiger partial charge is 0.370 e. The molecule has 5 rings (SSSR count). The first-order chi connectivity index (χ1) is 15.2. The van der Waals surface area contributed by atoms with Gasteiger partial charge in [-0.3, -0.25) is 9.78 Å². The molecule has 3 heterocycles. The summed E-state index contributed by atoms with van der Waals surface area (Å²) in [5, 5.41) is 7.52. The van der Waals surface area contributed by atoms with Crippen molar-refractivity contribution in [3.63, 3.8) is 0 Å². The number of benzene rings is 2. The van der Waals surface area contributed by atoms with E-state index in [2.05, 4.69) is 25.6 Å². The summed E-state index contributed by atoms with van der Waals surface area (Å²) in [6.07, 6.45) is 3.47. The first-order valence-corrected chi connectivity index (χ1v) is 9.95. The number of para-hydroxylation sites is 1. The van der Waals surface area contributed by atoms with Crippen molar-refractivity contribution in [3.05, 3.63) is 73.1 Å². The summed E-state index contributed by atoms with van der Waals surface area (Å²) in [4.78, 5) is 27.0. The number of aromatic nitrogens is 3. The molecule has 2 N–H and O–H groups in total. The molecule has 1 amide bonds. The Bertz CT molecular complexity index is 1230. The van der Waals surface area contributed by atoms with Crippen molar-refractivity contribution in [1.29, 1.82) is 0 Å². The SMILES string of the molecule is O=C1COCCN1c1ccc(Nc2nccc(Nc3cnc4ccccc4c3)n2)cc1. The van der Waals surface area contributed by atoms with Gasteiger partial charge in [0.15, 0.2) is 0 Å². The second-order valence-corrected chi connectivity index (χ2v) is 7.08. The van der Waals surface area contributed by atoms with Crippen LogP contribution in [0.25, 0.3) is 10.9 Å². The van der Waals surface area contributed by atoms with E-state index in [-0.39, 0.29) is 12.5 Å². The summed E-state index contributed by atoms with van der Waals surface area (Å²) in [6.45, 7) is 1.23. The van der Waals surface area contributed by atoms with Crippen molar-refractivity contribution < 1.29 is 9.53 Å². The molecule has 0 atom stereocenters. The van der Waals surface area contributed by atoms with Crippen LogP contribution in [0.4, 0.5) is 28.8 Å². The number of carbonyl (C=O) groups excluding carboxylic acids is 1. The molecule has 2 aromatic carbocycles. The molecule has 31 heavy (non-hydrogen) atoms. The third-order valence-corrected chi connectivity index (χ3v) is 4.94. The van der Waals surface area contributed by atoms with Crippen molar-refractivity contribution in [1.82, 2.24) is 15.0 Å². The van der Waals surface area contributed by atoms with Crippen molar-refractivity contribution in [2.75, 3.05) is 35.3 Å². The molecule has 1 aliphatic heterocycles. The van der Waals surface area contributed by atoms with Crippen molar-refractivity contribution >= 4 is 45.6 Å². The van der Waals surface area contributed by atoms with Gasteiger partial charge in [-0.15, -0.1) is 0 Å². The molecular formula is C23H20N6O2. The lowest BCUT2D eigenvalue weighted by atomic mass is 10.2. The van der Waals surface area contributed by atoms with Crippen LogP contribution in [-0.2, 0) is 9.53 Å². The van der Waals surface area contributed by atoms with Gasteiger partial charge in [0.25, 0.3) is 5.91 Å². The Balaban J connectivity index is 1.29. The summed E-state index contributed by atoms with van der Waals surface area (Å²) in [5.74, 6) is 1.09. The highest BCUT2D eigenvalue weighted by atomic mass is 16.5. The van der Waals surface area contributed by atoms with Gasteiger partial charge in [-0.25, -0.2) is 4.98 Å². The maximum atomic E-state index is 12.0. The monoisotopic (exact) mass is 412 g/mol. The van der Waals surface area contributed by atoms with Crippen molar-refractivity contribution in [2.24, 2.45) is 0 Å². The number of carbonyl (C=O) groups is 1. The fourth-order valence-electron chi connectivity index (χ4n) is 3.42. The van der Waals surface area contributed by atoms with E-state index >= 15 is 0 Å². The Morgan fingerprint density at radius 1 is 0.935 bits per heavy atom. The lowest BCUT2D eigenvalue weighted by molar-refractivity contribution is -0.125. The number of hydrogen-bond acceptors (Lipinski definition) is 7. The van der Waals surface area contributed by atoms with Gasteiger partial charge in [-0.05, 0) is 42.5 Å². The standard InChI is InChI=1S/C23H20N6O2/c30-22-15-31-12-11-29(22)19-7-5-17(6-8-19)27-23-24-10-9-21(28-23)26-18-13-16-3-1-2-4-20(16)25-14-18/h1-10,13-14H,11-12,15H2,(H2,24,26,27,28). The molecule has 1 saturated heterocycles. The Morgan fingerprint density at radius 2 is 1.81 bits per heavy atom. The number of fused-ring (bicyclic) bond motifs is 1. The molecular weight excluding hydrogens is 392 g/mol. The van der Waals surface area contributed by atoms with E-state index in [4.69, 9.17) is 4.74 Å². The van der Waals surface area contributed by atoms with Crippen LogP contribution >= 0.6 is 0 Å². The summed E-state index contributed by atoms with van der Waals surface area (Å²) in [5.41, 5.74) is 3.47. The molecule has 0 aliphatic carbocycles. The van der Waals surface area contributed by atoms with Crippen LogP contribution in [0.1, 0.15) is 0 Å². The minimum atomic E-state index is -0.0303. The van der Waals surface area contributed by atoms with Crippen molar-refractivity contribution in [3.8, 4) is 0 Å². The van der Waals surface area contributed by atoms with E-state index in [1.54, 1.807) is 23.4 Å². The van der Waals surface area contributed by atoms with Gasteiger partial charge in [-0.1, -0.05) is 18.2 Å². The van der Waals surface area contributed by atoms with Crippen LogP contribution in [0.3, 0.4) is 0 Å². The second-order valence-electron chi connectivity index (χ2n) is 7.08. The molecule has 8 heteroatoms. The predicted molar refractivity (Wildman–Crippen MR) is 120 cm³/mol. The Kier molecular flexibility index (Phi) is 5.12. The van der Waals surface area contributed by atoms with Gasteiger partial charge in [0.1, 0.15) is 12.4 Å². The summed E-state index contributed by atoms with van der Waals surface area (Å²) >= 11 is 0. The topological polar surface area (TPSA) is 92.3 Å². The molecule has 0 saturated carbocycles. The smallest absolute Gasteiger partial charge is 0.253 e. The molecule has 0 spiro atoms. The molecule has 1 fully saturated rings. The average molecular weight is 412 g/mol. The van der Waals surface area contributed by atoms with Gasteiger partial charge in [0.2, 0.25) is 5.95 Å². The van der Waals surface area contributed by atoms with E-state index < -0.39 is 0 Å². The Morgan fingerprint density at radius 3 is 2.68 bits per heavy atom. The highest BCUT2D eigenvalue weighted by molar-refractivity contribution is 5.95. The average Bonchev–Trinajstić information content (AvgIpc) is 2.80. The van der Waals surface area contributed by atoms with Crippen LogP contribution in [0.5, 0.6) is 0 Å². The van der Waals surface area contributed by atoms with Crippen LogP contribution in [0.15, 0.2) is 73.1 Å². The molecule has 8 nitrogen and oxygen atoms in total. The number of ether oxygens (including phenoxy) is 1. The summed E-state index contributed by atoms with van der Waals surface area (Å²) in [7, 11) is 0. The van der Waals surface area contributed by atoms with E-state index in [0.29, 0.717) is 24.9 Å². The molecule has 1 aliphatic rings. The zero-order valence-corrected chi connectivity index (χ0v) is 16.7. The first-order valence-electron chi connectivity index (χ1n) is 9.95. The second kappa shape index (κ2) is 8.37. The summed E-state index contributed by atoms with van der Waals surface area (Å²) in [6, 6.07) is 19.4. The fourth-order valence-corrected chi connectivity index (χ4v) is 3.42. The Labute approximate surface area is 178 Å². The number of rotatable bonds is 5. The van der Waals surface area contributed by atoms with Crippen molar-refractivity contribution in [2.45, 2.75) is 0 Å². The Hall–Kier alpha value is -4.04. The van der Waals surface area contributed by atoms with E-state index in [1.807, 2.05) is 54.6 Å². The molecule has 4 aromatic rings. The predicted octanol–water partition coefficient (Wildman–Crippen LogP) is 3.88. The first kappa shape index (κ1) is 19.0. The van der Waals surface area contributed by atoms with Gasteiger partial charge >= 0.3 is 0 Å². The molecule has 0 unspecified atom stereocenters. The van der Waals surface area contributed by atoms with E-state index in [9.17, 15) is 4.79 Å². The third kappa shape index (κ3) is 4.29. The summed E-state index contributed by atoms with van der Waals surface area (Å²) < 4.78 is 5.18. The van der Waals surface area contributed by atoms with Crippen LogP contribution in [0, 0.1) is 0 Å². The minimum absolute atomic E-state index is 0.0303. The zero-order valence-electron chi connectivity index (χ0n) is 16.7. The van der Waals surface area contributed by atoms with Crippen LogP contribution in [-0.4, -0.2) is 40.6 Å². The van der Waals surface area contributed by atoms with Gasteiger partial charge in [-0.2, -0.15) is 4.98 Å². The number of anilines is 5. The molecule has 0 radical (unpaired) electrons. The number of hydrogen-bond donors (Lipinski definition) is 2. The van der Waals surface area contributed by atoms with Crippen LogP contribution < -0.4 is 15.5 Å². The molecule has 2 aromatic heterocycles. The quantitative estimate of drug-likeness (QED) is 0.514. The van der Waals surface area contributed by atoms with Gasteiger partial charge < -0.3 is 20.3 Å². The zero-order chi connectivity index (χ0) is 21.0. The lowest BCUT2D eigenvalue weighted by Crippen LogP contribution is -2.41. The fraction of sp³-hybridized carbons (Fsp3) is 0.130. The lowest BCUT2D eigenvalue weighted by Gasteiger charge is -2.26. The highest BCUT2D eigenvalue weighted by Crippen LogP contribution is 2.23. The van der Waals surface area contributed by atoms with Gasteiger partial charge in [0.05, 0.1) is 24.0 Å². The van der Waals surface area contributed by atoms with Gasteiger partial charge in [0, 0.05) is 29.5 Å². The number of pyridine rings is 1. The minimum Gasteiger partial charge on any atom is -0.370 e.